The second-order valence-corrected chi connectivity index (χ2v) is 8.18. The van der Waals surface area contributed by atoms with Crippen LogP contribution in [0.25, 0.3) is 0 Å². The van der Waals surface area contributed by atoms with Crippen LogP contribution in [0.5, 0.6) is 17.2 Å². The predicted molar refractivity (Wildman–Crippen MR) is 124 cm³/mol. The molecular weight excluding hydrogens is 440 g/mol. The van der Waals surface area contributed by atoms with Gasteiger partial charge in [0.15, 0.2) is 19.0 Å². The van der Waals surface area contributed by atoms with Gasteiger partial charge in [0.1, 0.15) is 23.3 Å². The number of hydrogen-bond donors (Lipinski definition) is 1. The van der Waals surface area contributed by atoms with Gasteiger partial charge in [-0.25, -0.2) is 0 Å². The molecule has 2 atom stereocenters. The third-order valence-electron chi connectivity index (χ3n) is 5.87. The molecular formula is C25H28N2O7. The summed E-state index contributed by atoms with van der Waals surface area (Å²) >= 11 is 0. The van der Waals surface area contributed by atoms with Gasteiger partial charge in [-0.05, 0) is 50.1 Å². The summed E-state index contributed by atoms with van der Waals surface area (Å²) in [5.74, 6) is 0.626. The molecule has 0 radical (unpaired) electrons. The third-order valence-corrected chi connectivity index (χ3v) is 5.87. The van der Waals surface area contributed by atoms with E-state index in [0.29, 0.717) is 41.7 Å². The highest BCUT2D eigenvalue weighted by Gasteiger charge is 2.34. The molecule has 9 heteroatoms. The van der Waals surface area contributed by atoms with E-state index in [-0.39, 0.29) is 36.9 Å². The van der Waals surface area contributed by atoms with Crippen molar-refractivity contribution in [3.05, 3.63) is 48.0 Å². The lowest BCUT2D eigenvalue weighted by atomic mass is 10.1. The lowest BCUT2D eigenvalue weighted by Crippen LogP contribution is -2.52. The number of carbonyl (C=O) groups is 3. The van der Waals surface area contributed by atoms with E-state index in [9.17, 15) is 14.4 Å². The summed E-state index contributed by atoms with van der Waals surface area (Å²) in [7, 11) is 1.55. The van der Waals surface area contributed by atoms with E-state index in [1.165, 1.54) is 4.90 Å². The number of ketones is 1. The minimum atomic E-state index is -0.782. The Morgan fingerprint density at radius 2 is 2.03 bits per heavy atom. The Morgan fingerprint density at radius 1 is 1.21 bits per heavy atom. The standard InChI is InChI=1S/C25H28N2O7/c1-16(25(30)26-13-20-7-4-10-32-20)27-21-11-17(8-9-23(21)34-15-24(27)29)22(28)14-33-19-6-3-5-18(12-19)31-2/h3,5-6,8-9,11-12,16,20H,4,7,10,13-15H2,1-2H3,(H,26,30)/t16-,20+/m0/s1. The fourth-order valence-corrected chi connectivity index (χ4v) is 3.98. The summed E-state index contributed by atoms with van der Waals surface area (Å²) in [6.07, 6.45) is 1.87. The SMILES string of the molecule is COc1cccc(OCC(=O)c2ccc3c(c2)N([C@@H](C)C(=O)NC[C@H]2CCCO2)C(=O)CO3)c1. The van der Waals surface area contributed by atoms with E-state index in [0.717, 1.165) is 12.8 Å². The van der Waals surface area contributed by atoms with Crippen LogP contribution in [-0.2, 0) is 14.3 Å². The molecule has 0 spiro atoms. The van der Waals surface area contributed by atoms with Crippen LogP contribution < -0.4 is 24.4 Å². The molecule has 0 unspecified atom stereocenters. The summed E-state index contributed by atoms with van der Waals surface area (Å²) in [5.41, 5.74) is 0.722. The van der Waals surface area contributed by atoms with Gasteiger partial charge in [-0.15, -0.1) is 0 Å². The maximum absolute atomic E-state index is 12.8. The minimum absolute atomic E-state index is 0.00219. The average Bonchev–Trinajstić information content (AvgIpc) is 3.39. The number of methoxy groups -OCH3 is 1. The van der Waals surface area contributed by atoms with Crippen LogP contribution in [0.4, 0.5) is 5.69 Å². The lowest BCUT2D eigenvalue weighted by Gasteiger charge is -2.33. The Bertz CT molecular complexity index is 1060. The van der Waals surface area contributed by atoms with Crippen molar-refractivity contribution in [2.45, 2.75) is 31.9 Å². The van der Waals surface area contributed by atoms with Gasteiger partial charge >= 0.3 is 0 Å². The Balaban J connectivity index is 1.46. The summed E-state index contributed by atoms with van der Waals surface area (Å²) in [4.78, 5) is 39.7. The summed E-state index contributed by atoms with van der Waals surface area (Å²) in [6, 6.07) is 11.0. The molecule has 1 fully saturated rings. The number of benzene rings is 2. The Hall–Kier alpha value is -3.59. The summed E-state index contributed by atoms with van der Waals surface area (Å²) in [6.45, 7) is 2.37. The summed E-state index contributed by atoms with van der Waals surface area (Å²) < 4.78 is 21.8. The van der Waals surface area contributed by atoms with Crippen LogP contribution in [0.2, 0.25) is 0 Å². The topological polar surface area (TPSA) is 103 Å². The first-order valence-electron chi connectivity index (χ1n) is 11.2. The Morgan fingerprint density at radius 3 is 2.79 bits per heavy atom. The van der Waals surface area contributed by atoms with Crippen molar-refractivity contribution in [2.24, 2.45) is 0 Å². The predicted octanol–water partition coefficient (Wildman–Crippen LogP) is 2.37. The number of carbonyl (C=O) groups excluding carboxylic acids is 3. The summed E-state index contributed by atoms with van der Waals surface area (Å²) in [5, 5.41) is 2.86. The number of anilines is 1. The molecule has 4 rings (SSSR count). The van der Waals surface area contributed by atoms with Crippen LogP contribution >= 0.6 is 0 Å². The molecule has 2 aliphatic rings. The second-order valence-electron chi connectivity index (χ2n) is 8.18. The number of fused-ring (bicyclic) bond motifs is 1. The molecule has 9 nitrogen and oxygen atoms in total. The van der Waals surface area contributed by atoms with Crippen LogP contribution in [0.3, 0.4) is 0 Å². The van der Waals surface area contributed by atoms with E-state index in [2.05, 4.69) is 5.32 Å². The zero-order chi connectivity index (χ0) is 24.1. The van der Waals surface area contributed by atoms with Gasteiger partial charge in [-0.2, -0.15) is 0 Å². The fraction of sp³-hybridized carbons (Fsp3) is 0.400. The Kier molecular flexibility index (Phi) is 7.32. The number of nitrogens with zero attached hydrogens (tertiary/aromatic N) is 1. The van der Waals surface area contributed by atoms with Crippen molar-refractivity contribution >= 4 is 23.3 Å². The quantitative estimate of drug-likeness (QED) is 0.564. The van der Waals surface area contributed by atoms with Gasteiger partial charge in [0.2, 0.25) is 5.91 Å². The number of ether oxygens (including phenoxy) is 4. The van der Waals surface area contributed by atoms with Gasteiger partial charge in [0, 0.05) is 24.8 Å². The molecule has 1 saturated heterocycles. The minimum Gasteiger partial charge on any atom is -0.497 e. The first-order valence-corrected chi connectivity index (χ1v) is 11.2. The van der Waals surface area contributed by atoms with Crippen molar-refractivity contribution in [3.8, 4) is 17.2 Å². The van der Waals surface area contributed by atoms with Gasteiger partial charge < -0.3 is 24.3 Å². The van der Waals surface area contributed by atoms with Crippen LogP contribution in [-0.4, -0.2) is 63.2 Å². The number of amides is 2. The monoisotopic (exact) mass is 468 g/mol. The first-order chi connectivity index (χ1) is 16.5. The van der Waals surface area contributed by atoms with Gasteiger partial charge in [0.05, 0.1) is 18.9 Å². The number of hydrogen-bond acceptors (Lipinski definition) is 7. The van der Waals surface area contributed by atoms with Crippen molar-refractivity contribution in [1.82, 2.24) is 5.32 Å². The zero-order valence-corrected chi connectivity index (χ0v) is 19.2. The van der Waals surface area contributed by atoms with E-state index >= 15 is 0 Å². The normalized spacial score (nSPS) is 18.0. The van der Waals surface area contributed by atoms with Crippen molar-refractivity contribution in [1.29, 1.82) is 0 Å². The lowest BCUT2D eigenvalue weighted by molar-refractivity contribution is -0.127. The molecule has 34 heavy (non-hydrogen) atoms. The molecule has 180 valence electrons. The van der Waals surface area contributed by atoms with E-state index in [1.807, 2.05) is 0 Å². The highest BCUT2D eigenvalue weighted by molar-refractivity contribution is 6.05. The van der Waals surface area contributed by atoms with Crippen LogP contribution in [0.15, 0.2) is 42.5 Å². The van der Waals surface area contributed by atoms with Crippen molar-refractivity contribution in [3.63, 3.8) is 0 Å². The molecule has 2 heterocycles. The second kappa shape index (κ2) is 10.6. The number of nitrogens with one attached hydrogen (secondary N) is 1. The molecule has 1 N–H and O–H groups in total. The molecule has 0 aliphatic carbocycles. The Labute approximate surface area is 197 Å². The van der Waals surface area contributed by atoms with E-state index < -0.39 is 6.04 Å². The molecule has 0 aromatic heterocycles. The highest BCUT2D eigenvalue weighted by Crippen LogP contribution is 2.34. The average molecular weight is 469 g/mol. The van der Waals surface area contributed by atoms with Crippen molar-refractivity contribution in [2.75, 3.05) is 38.4 Å². The highest BCUT2D eigenvalue weighted by atomic mass is 16.5. The van der Waals surface area contributed by atoms with E-state index in [4.69, 9.17) is 18.9 Å². The molecule has 0 saturated carbocycles. The smallest absolute Gasteiger partial charge is 0.265 e. The van der Waals surface area contributed by atoms with Crippen LogP contribution in [0, 0.1) is 0 Å². The maximum Gasteiger partial charge on any atom is 0.265 e. The molecule has 2 aromatic rings. The van der Waals surface area contributed by atoms with Crippen LogP contribution in [0.1, 0.15) is 30.1 Å². The number of rotatable bonds is 9. The van der Waals surface area contributed by atoms with E-state index in [1.54, 1.807) is 56.5 Å². The van der Waals surface area contributed by atoms with Crippen molar-refractivity contribution < 1.29 is 33.3 Å². The molecule has 2 amide bonds. The van der Waals surface area contributed by atoms with Gasteiger partial charge in [-0.3, -0.25) is 19.3 Å². The maximum atomic E-state index is 12.8. The third kappa shape index (κ3) is 5.31. The first kappa shape index (κ1) is 23.6. The van der Waals surface area contributed by atoms with Gasteiger partial charge in [-0.1, -0.05) is 6.07 Å². The zero-order valence-electron chi connectivity index (χ0n) is 19.2. The molecule has 2 aromatic carbocycles. The molecule has 0 bridgehead atoms. The molecule has 2 aliphatic heterocycles. The largest absolute Gasteiger partial charge is 0.497 e. The fourth-order valence-electron chi connectivity index (χ4n) is 3.98. The van der Waals surface area contributed by atoms with Gasteiger partial charge in [0.25, 0.3) is 5.91 Å². The number of Topliss-reactive ketones (excluding diaryl/α,β-unsaturated/α-hetero) is 1.